The maximum Gasteiger partial charge on any atom is 0.249 e. The van der Waals surface area contributed by atoms with Gasteiger partial charge < -0.3 is 9.42 Å². The number of rotatable bonds is 3. The minimum absolute atomic E-state index is 0.125. The van der Waals surface area contributed by atoms with Crippen LogP contribution in [-0.2, 0) is 4.79 Å². The Hall–Kier alpha value is -2.24. The number of amides is 1. The fourth-order valence-corrected chi connectivity index (χ4v) is 3.78. The number of nitrogens with zero attached hydrogens (tertiary/aromatic N) is 3. The lowest BCUT2D eigenvalue weighted by Gasteiger charge is -2.24. The zero-order valence-electron chi connectivity index (χ0n) is 13.4. The van der Waals surface area contributed by atoms with Crippen LogP contribution in [0.4, 0.5) is 4.39 Å². The molecule has 2 aliphatic rings. The average Bonchev–Trinajstić information content (AvgIpc) is 3.34. The van der Waals surface area contributed by atoms with Crippen molar-refractivity contribution in [1.29, 1.82) is 0 Å². The highest BCUT2D eigenvalue weighted by atomic mass is 19.1. The molecule has 1 aliphatic heterocycles. The van der Waals surface area contributed by atoms with Gasteiger partial charge in [0.2, 0.25) is 17.6 Å². The van der Waals surface area contributed by atoms with Gasteiger partial charge in [-0.05, 0) is 49.9 Å². The fourth-order valence-electron chi connectivity index (χ4n) is 3.78. The van der Waals surface area contributed by atoms with Gasteiger partial charge in [0.15, 0.2) is 0 Å². The predicted molar refractivity (Wildman–Crippen MR) is 85.3 cm³/mol. The maximum absolute atomic E-state index is 13.0. The number of benzene rings is 1. The monoisotopic (exact) mass is 329 g/mol. The molecule has 1 aliphatic carbocycles. The molecule has 0 radical (unpaired) electrons. The van der Waals surface area contributed by atoms with Crippen molar-refractivity contribution in [3.63, 3.8) is 0 Å². The van der Waals surface area contributed by atoms with Crippen LogP contribution < -0.4 is 0 Å². The Morgan fingerprint density at radius 3 is 2.62 bits per heavy atom. The lowest BCUT2D eigenvalue weighted by molar-refractivity contribution is -0.136. The summed E-state index contributed by atoms with van der Waals surface area (Å²) in [4.78, 5) is 19.1. The second kappa shape index (κ2) is 6.34. The molecule has 2 fully saturated rings. The minimum atomic E-state index is -0.299. The summed E-state index contributed by atoms with van der Waals surface area (Å²) < 4.78 is 18.5. The third-order valence-electron chi connectivity index (χ3n) is 5.07. The van der Waals surface area contributed by atoms with Crippen LogP contribution in [-0.4, -0.2) is 27.5 Å². The molecule has 126 valence electrons. The summed E-state index contributed by atoms with van der Waals surface area (Å²) in [5.74, 6) is 1.01. The zero-order chi connectivity index (χ0) is 16.5. The van der Waals surface area contributed by atoms with E-state index < -0.39 is 0 Å². The Labute approximate surface area is 139 Å². The molecule has 0 bridgehead atoms. The van der Waals surface area contributed by atoms with Gasteiger partial charge in [0.25, 0.3) is 0 Å². The maximum atomic E-state index is 13.0. The number of carbonyl (C=O) groups excluding carboxylic acids is 1. The highest BCUT2D eigenvalue weighted by molar-refractivity contribution is 5.79. The first-order valence-electron chi connectivity index (χ1n) is 8.62. The Kier molecular flexibility index (Phi) is 4.04. The highest BCUT2D eigenvalue weighted by Gasteiger charge is 2.37. The second-order valence-electron chi connectivity index (χ2n) is 6.63. The predicted octanol–water partition coefficient (Wildman–Crippen LogP) is 3.73. The van der Waals surface area contributed by atoms with E-state index in [1.165, 1.54) is 12.1 Å². The minimum Gasteiger partial charge on any atom is -0.337 e. The van der Waals surface area contributed by atoms with Crippen LogP contribution in [0.1, 0.15) is 50.5 Å². The number of carbonyl (C=O) groups is 1. The SMILES string of the molecule is O=C(C1CCCC1)N1CCCC1c1nc(-c2ccc(F)cc2)no1. The molecule has 1 amide bonds. The number of halogens is 1. The van der Waals surface area contributed by atoms with E-state index >= 15 is 0 Å². The summed E-state index contributed by atoms with van der Waals surface area (Å²) in [6, 6.07) is 5.87. The standard InChI is InChI=1S/C18H20FN3O2/c19-14-9-7-12(8-10-14)16-20-17(24-21-16)15-6-3-11-22(15)18(23)13-4-1-2-5-13/h7-10,13,15H,1-6,11H2. The lowest BCUT2D eigenvalue weighted by atomic mass is 10.1. The van der Waals surface area contributed by atoms with E-state index in [1.54, 1.807) is 12.1 Å². The Balaban J connectivity index is 1.54. The van der Waals surface area contributed by atoms with E-state index in [4.69, 9.17) is 4.52 Å². The Morgan fingerprint density at radius 1 is 1.12 bits per heavy atom. The van der Waals surface area contributed by atoms with Crippen molar-refractivity contribution in [2.24, 2.45) is 5.92 Å². The first-order valence-corrected chi connectivity index (χ1v) is 8.62. The van der Waals surface area contributed by atoms with E-state index in [9.17, 15) is 9.18 Å². The van der Waals surface area contributed by atoms with Gasteiger partial charge in [-0.2, -0.15) is 4.98 Å². The van der Waals surface area contributed by atoms with Crippen LogP contribution in [0.2, 0.25) is 0 Å². The molecule has 2 heterocycles. The van der Waals surface area contributed by atoms with E-state index in [1.807, 2.05) is 4.90 Å². The molecule has 1 aromatic heterocycles. The van der Waals surface area contributed by atoms with Gasteiger partial charge in [-0.25, -0.2) is 4.39 Å². The number of hydrogen-bond acceptors (Lipinski definition) is 4. The van der Waals surface area contributed by atoms with Gasteiger partial charge in [-0.3, -0.25) is 4.79 Å². The van der Waals surface area contributed by atoms with Crippen molar-refractivity contribution >= 4 is 5.91 Å². The highest BCUT2D eigenvalue weighted by Crippen LogP contribution is 2.36. The number of likely N-dealkylation sites (tertiary alicyclic amines) is 1. The Morgan fingerprint density at radius 2 is 1.88 bits per heavy atom. The topological polar surface area (TPSA) is 59.2 Å². The molecular weight excluding hydrogens is 309 g/mol. The van der Waals surface area contributed by atoms with E-state index in [0.717, 1.165) is 45.1 Å². The molecule has 0 spiro atoms. The third kappa shape index (κ3) is 2.81. The van der Waals surface area contributed by atoms with E-state index in [-0.39, 0.29) is 23.7 Å². The van der Waals surface area contributed by atoms with E-state index in [0.29, 0.717) is 17.3 Å². The van der Waals surface area contributed by atoms with Gasteiger partial charge in [0.05, 0.1) is 0 Å². The van der Waals surface area contributed by atoms with Crippen molar-refractivity contribution in [3.05, 3.63) is 36.0 Å². The zero-order valence-corrected chi connectivity index (χ0v) is 13.4. The van der Waals surface area contributed by atoms with Crippen molar-refractivity contribution < 1.29 is 13.7 Å². The van der Waals surface area contributed by atoms with Crippen molar-refractivity contribution in [3.8, 4) is 11.4 Å². The van der Waals surface area contributed by atoms with E-state index in [2.05, 4.69) is 10.1 Å². The van der Waals surface area contributed by atoms with Gasteiger partial charge in [-0.1, -0.05) is 18.0 Å². The molecule has 24 heavy (non-hydrogen) atoms. The summed E-state index contributed by atoms with van der Waals surface area (Å²) in [7, 11) is 0. The molecule has 0 N–H and O–H groups in total. The van der Waals surface area contributed by atoms with Gasteiger partial charge >= 0.3 is 0 Å². The number of aromatic nitrogens is 2. The molecule has 4 rings (SSSR count). The molecule has 1 saturated carbocycles. The van der Waals surface area contributed by atoms with Crippen LogP contribution in [0.5, 0.6) is 0 Å². The summed E-state index contributed by atoms with van der Waals surface area (Å²) in [5, 5.41) is 4.01. The third-order valence-corrected chi connectivity index (χ3v) is 5.07. The van der Waals surface area contributed by atoms with Crippen molar-refractivity contribution in [2.75, 3.05) is 6.54 Å². The molecule has 2 aromatic rings. The molecule has 1 atom stereocenters. The molecule has 1 unspecified atom stereocenters. The van der Waals surface area contributed by atoms with Crippen LogP contribution in [0.15, 0.2) is 28.8 Å². The average molecular weight is 329 g/mol. The first-order chi connectivity index (χ1) is 11.7. The van der Waals surface area contributed by atoms with Crippen LogP contribution in [0, 0.1) is 11.7 Å². The van der Waals surface area contributed by atoms with Gasteiger partial charge in [0, 0.05) is 18.0 Å². The summed E-state index contributed by atoms with van der Waals surface area (Å²) >= 11 is 0. The van der Waals surface area contributed by atoms with Crippen LogP contribution >= 0.6 is 0 Å². The summed E-state index contributed by atoms with van der Waals surface area (Å²) in [5.41, 5.74) is 0.707. The Bertz CT molecular complexity index is 722. The molecule has 1 saturated heterocycles. The normalized spacial score (nSPS) is 21.5. The smallest absolute Gasteiger partial charge is 0.249 e. The van der Waals surface area contributed by atoms with Crippen molar-refractivity contribution in [2.45, 2.75) is 44.6 Å². The number of hydrogen-bond donors (Lipinski definition) is 0. The second-order valence-corrected chi connectivity index (χ2v) is 6.63. The molecular formula is C18H20FN3O2. The quantitative estimate of drug-likeness (QED) is 0.861. The summed E-state index contributed by atoms with van der Waals surface area (Å²) in [6.45, 7) is 0.758. The largest absolute Gasteiger partial charge is 0.337 e. The first kappa shape index (κ1) is 15.3. The molecule has 5 nitrogen and oxygen atoms in total. The van der Waals surface area contributed by atoms with Gasteiger partial charge in [0.1, 0.15) is 11.9 Å². The van der Waals surface area contributed by atoms with Crippen LogP contribution in [0.3, 0.4) is 0 Å². The molecule has 6 heteroatoms. The van der Waals surface area contributed by atoms with Crippen LogP contribution in [0.25, 0.3) is 11.4 Å². The fraction of sp³-hybridized carbons (Fsp3) is 0.500. The summed E-state index contributed by atoms with van der Waals surface area (Å²) in [6.07, 6.45) is 6.08. The molecule has 1 aromatic carbocycles. The van der Waals surface area contributed by atoms with Gasteiger partial charge in [-0.15, -0.1) is 0 Å². The lowest BCUT2D eigenvalue weighted by Crippen LogP contribution is -2.35. The van der Waals surface area contributed by atoms with Crippen molar-refractivity contribution in [1.82, 2.24) is 15.0 Å².